The maximum absolute atomic E-state index is 13.8. The van der Waals surface area contributed by atoms with E-state index in [-0.39, 0.29) is 36.2 Å². The number of anilines is 3. The number of nitrogens with zero attached hydrogens (tertiary/aromatic N) is 1. The van der Waals surface area contributed by atoms with Gasteiger partial charge in [0.25, 0.3) is 0 Å². The maximum atomic E-state index is 13.8. The SMILES string of the molecule is CCc1ccc(N2CC(C(=O)Nc3ccc(F)c(NS(C)(=O)=O)c3)CC2=O)cc1. The number of rotatable bonds is 6. The summed E-state index contributed by atoms with van der Waals surface area (Å²) in [6.07, 6.45) is 1.87. The first kappa shape index (κ1) is 20.8. The number of hydrogen-bond donors (Lipinski definition) is 2. The summed E-state index contributed by atoms with van der Waals surface area (Å²) in [5.41, 5.74) is 1.87. The van der Waals surface area contributed by atoms with E-state index in [0.717, 1.165) is 30.0 Å². The maximum Gasteiger partial charge on any atom is 0.229 e. The zero-order valence-electron chi connectivity index (χ0n) is 16.1. The number of sulfonamides is 1. The Kier molecular flexibility index (Phi) is 5.88. The van der Waals surface area contributed by atoms with Crippen LogP contribution in [0.15, 0.2) is 42.5 Å². The van der Waals surface area contributed by atoms with Crippen molar-refractivity contribution in [3.63, 3.8) is 0 Å². The highest BCUT2D eigenvalue weighted by Crippen LogP contribution is 2.27. The van der Waals surface area contributed by atoms with Gasteiger partial charge in [-0.15, -0.1) is 0 Å². The van der Waals surface area contributed by atoms with Crippen LogP contribution in [0.1, 0.15) is 18.9 Å². The minimum absolute atomic E-state index is 0.0665. The van der Waals surface area contributed by atoms with E-state index in [1.165, 1.54) is 12.1 Å². The molecule has 0 bridgehead atoms. The summed E-state index contributed by atoms with van der Waals surface area (Å²) in [7, 11) is -3.66. The molecule has 0 saturated carbocycles. The van der Waals surface area contributed by atoms with Crippen molar-refractivity contribution in [3.05, 3.63) is 53.8 Å². The summed E-state index contributed by atoms with van der Waals surface area (Å²) in [6.45, 7) is 2.29. The molecule has 1 unspecified atom stereocenters. The fourth-order valence-electron chi connectivity index (χ4n) is 3.17. The number of aryl methyl sites for hydroxylation is 1. The van der Waals surface area contributed by atoms with Gasteiger partial charge in [-0.05, 0) is 42.3 Å². The van der Waals surface area contributed by atoms with Gasteiger partial charge in [0.2, 0.25) is 21.8 Å². The molecule has 1 atom stereocenters. The molecular weight excluding hydrogens is 397 g/mol. The second-order valence-electron chi connectivity index (χ2n) is 6.98. The average Bonchev–Trinajstić information content (AvgIpc) is 3.05. The first-order valence-electron chi connectivity index (χ1n) is 9.14. The lowest BCUT2D eigenvalue weighted by Crippen LogP contribution is -2.28. The molecule has 3 rings (SSSR count). The Hall–Kier alpha value is -2.94. The van der Waals surface area contributed by atoms with Crippen LogP contribution in [-0.2, 0) is 26.0 Å². The van der Waals surface area contributed by atoms with Crippen LogP contribution in [0.2, 0.25) is 0 Å². The summed E-state index contributed by atoms with van der Waals surface area (Å²) < 4.78 is 38.5. The average molecular weight is 419 g/mol. The summed E-state index contributed by atoms with van der Waals surface area (Å²) in [5.74, 6) is -1.85. The quantitative estimate of drug-likeness (QED) is 0.753. The molecule has 0 aliphatic carbocycles. The third-order valence-electron chi connectivity index (χ3n) is 4.68. The third kappa shape index (κ3) is 5.11. The molecule has 29 heavy (non-hydrogen) atoms. The molecule has 1 saturated heterocycles. The van der Waals surface area contributed by atoms with Crippen molar-refractivity contribution in [1.29, 1.82) is 0 Å². The fraction of sp³-hybridized carbons (Fsp3) is 0.300. The Labute approximate surface area is 169 Å². The summed E-state index contributed by atoms with van der Waals surface area (Å²) >= 11 is 0. The Morgan fingerprint density at radius 1 is 1.21 bits per heavy atom. The molecule has 1 aliphatic heterocycles. The lowest BCUT2D eigenvalue weighted by molar-refractivity contribution is -0.122. The Morgan fingerprint density at radius 2 is 1.90 bits per heavy atom. The number of benzene rings is 2. The second kappa shape index (κ2) is 8.20. The normalized spacial score (nSPS) is 16.7. The van der Waals surface area contributed by atoms with E-state index in [9.17, 15) is 22.4 Å². The van der Waals surface area contributed by atoms with Gasteiger partial charge in [-0.1, -0.05) is 19.1 Å². The van der Waals surface area contributed by atoms with Gasteiger partial charge in [-0.3, -0.25) is 14.3 Å². The van der Waals surface area contributed by atoms with Crippen LogP contribution >= 0.6 is 0 Å². The van der Waals surface area contributed by atoms with E-state index in [2.05, 4.69) is 10.0 Å². The van der Waals surface area contributed by atoms with Gasteiger partial charge in [-0.2, -0.15) is 0 Å². The topological polar surface area (TPSA) is 95.6 Å². The number of halogens is 1. The lowest BCUT2D eigenvalue weighted by atomic mass is 10.1. The molecule has 1 fully saturated rings. The van der Waals surface area contributed by atoms with Crippen LogP contribution in [0.3, 0.4) is 0 Å². The van der Waals surface area contributed by atoms with Crippen LogP contribution < -0.4 is 14.9 Å². The zero-order chi connectivity index (χ0) is 21.2. The predicted molar refractivity (Wildman–Crippen MR) is 110 cm³/mol. The molecule has 2 aromatic rings. The summed E-state index contributed by atoms with van der Waals surface area (Å²) in [5, 5.41) is 2.63. The minimum atomic E-state index is -3.66. The lowest BCUT2D eigenvalue weighted by Gasteiger charge is -2.17. The number of nitrogens with one attached hydrogen (secondary N) is 2. The van der Waals surface area contributed by atoms with Crippen LogP contribution in [0.4, 0.5) is 21.5 Å². The van der Waals surface area contributed by atoms with E-state index in [1.807, 2.05) is 31.2 Å². The van der Waals surface area contributed by atoms with Gasteiger partial charge in [0.15, 0.2) is 0 Å². The van der Waals surface area contributed by atoms with Gasteiger partial charge in [-0.25, -0.2) is 12.8 Å². The second-order valence-corrected chi connectivity index (χ2v) is 8.73. The Balaban J connectivity index is 1.70. The van der Waals surface area contributed by atoms with Crippen LogP contribution in [0, 0.1) is 11.7 Å². The molecule has 7 nitrogen and oxygen atoms in total. The van der Waals surface area contributed by atoms with Gasteiger partial charge >= 0.3 is 0 Å². The molecule has 2 amide bonds. The largest absolute Gasteiger partial charge is 0.326 e. The molecule has 1 heterocycles. The fourth-order valence-corrected chi connectivity index (χ4v) is 3.73. The van der Waals surface area contributed by atoms with Crippen molar-refractivity contribution < 1.29 is 22.4 Å². The standard InChI is InChI=1S/C20H22FN3O4S/c1-3-13-4-7-16(8-5-13)24-12-14(10-19(24)25)20(26)22-15-6-9-17(21)18(11-15)23-29(2,27)28/h4-9,11,14,23H,3,10,12H2,1-2H3,(H,22,26). The van der Waals surface area contributed by atoms with Crippen molar-refractivity contribution >= 4 is 38.9 Å². The van der Waals surface area contributed by atoms with Gasteiger partial charge in [0.05, 0.1) is 17.9 Å². The highest BCUT2D eigenvalue weighted by atomic mass is 32.2. The van der Waals surface area contributed by atoms with Crippen molar-refractivity contribution in [2.45, 2.75) is 19.8 Å². The van der Waals surface area contributed by atoms with Crippen molar-refractivity contribution in [3.8, 4) is 0 Å². The first-order valence-corrected chi connectivity index (χ1v) is 11.0. The van der Waals surface area contributed by atoms with E-state index in [1.54, 1.807) is 4.90 Å². The van der Waals surface area contributed by atoms with E-state index >= 15 is 0 Å². The molecular formula is C20H22FN3O4S. The molecule has 0 radical (unpaired) electrons. The molecule has 2 N–H and O–H groups in total. The van der Waals surface area contributed by atoms with Gasteiger partial charge < -0.3 is 10.2 Å². The molecule has 2 aromatic carbocycles. The highest BCUT2D eigenvalue weighted by molar-refractivity contribution is 7.92. The molecule has 154 valence electrons. The van der Waals surface area contributed by atoms with Crippen molar-refractivity contribution in [2.24, 2.45) is 5.92 Å². The Bertz CT molecular complexity index is 1040. The minimum Gasteiger partial charge on any atom is -0.326 e. The van der Waals surface area contributed by atoms with Crippen LogP contribution in [0.5, 0.6) is 0 Å². The predicted octanol–water partition coefficient (Wildman–Crippen LogP) is 2.75. The van der Waals surface area contributed by atoms with Gasteiger partial charge in [0.1, 0.15) is 5.82 Å². The summed E-state index contributed by atoms with van der Waals surface area (Å²) in [4.78, 5) is 26.5. The zero-order valence-corrected chi connectivity index (χ0v) is 16.9. The number of carbonyl (C=O) groups is 2. The molecule has 9 heteroatoms. The van der Waals surface area contributed by atoms with Crippen LogP contribution in [-0.4, -0.2) is 33.0 Å². The molecule has 0 spiro atoms. The molecule has 0 aromatic heterocycles. The monoisotopic (exact) mass is 419 g/mol. The van der Waals surface area contributed by atoms with Crippen molar-refractivity contribution in [1.82, 2.24) is 0 Å². The first-order chi connectivity index (χ1) is 13.7. The van der Waals surface area contributed by atoms with E-state index in [4.69, 9.17) is 0 Å². The highest BCUT2D eigenvalue weighted by Gasteiger charge is 2.35. The van der Waals surface area contributed by atoms with Crippen LogP contribution in [0.25, 0.3) is 0 Å². The smallest absolute Gasteiger partial charge is 0.229 e. The number of hydrogen-bond acceptors (Lipinski definition) is 4. The number of amides is 2. The summed E-state index contributed by atoms with van der Waals surface area (Å²) in [6, 6.07) is 11.2. The van der Waals surface area contributed by atoms with E-state index < -0.39 is 21.8 Å². The molecule has 1 aliphatic rings. The number of carbonyl (C=O) groups excluding carboxylic acids is 2. The van der Waals surface area contributed by atoms with E-state index in [0.29, 0.717) is 0 Å². The van der Waals surface area contributed by atoms with Gasteiger partial charge in [0, 0.05) is 24.3 Å². The van der Waals surface area contributed by atoms with Crippen molar-refractivity contribution in [2.75, 3.05) is 27.7 Å². The Morgan fingerprint density at radius 3 is 2.52 bits per heavy atom. The third-order valence-corrected chi connectivity index (χ3v) is 5.27.